The van der Waals surface area contributed by atoms with Crippen LogP contribution in [-0.2, 0) is 0 Å². The first-order valence-electron chi connectivity index (χ1n) is 5.34. The molecule has 1 heterocycles. The van der Waals surface area contributed by atoms with Gasteiger partial charge < -0.3 is 11.1 Å². The first-order valence-corrected chi connectivity index (χ1v) is 5.75. The molecule has 92 valence electrons. The molecule has 3 N–H and O–H groups in total. The lowest BCUT2D eigenvalue weighted by Crippen LogP contribution is -2.41. The lowest BCUT2D eigenvalue weighted by Gasteiger charge is -2.23. The van der Waals surface area contributed by atoms with Gasteiger partial charge in [0.25, 0.3) is 5.91 Å². The van der Waals surface area contributed by atoms with E-state index in [1.165, 1.54) is 0 Å². The second-order valence-corrected chi connectivity index (χ2v) is 5.04. The van der Waals surface area contributed by atoms with Crippen molar-refractivity contribution in [3.8, 4) is 0 Å². The van der Waals surface area contributed by atoms with Crippen molar-refractivity contribution in [3.05, 3.63) is 29.6 Å². The summed E-state index contributed by atoms with van der Waals surface area (Å²) in [7, 11) is 0. The van der Waals surface area contributed by atoms with Crippen LogP contribution in [0.1, 0.15) is 29.9 Å². The Morgan fingerprint density at radius 2 is 2.24 bits per heavy atom. The molecule has 0 aliphatic heterocycles. The molecule has 1 rings (SSSR count). The van der Waals surface area contributed by atoms with E-state index < -0.39 is 5.41 Å². The number of amides is 1. The second kappa shape index (κ2) is 5.23. The highest BCUT2D eigenvalue weighted by Gasteiger charge is 2.22. The monoisotopic (exact) mass is 251 g/mol. The Morgan fingerprint density at radius 3 is 2.76 bits per heavy atom. The maximum absolute atomic E-state index is 11.9. The zero-order valence-corrected chi connectivity index (χ0v) is 11.1. The molecule has 0 atom stereocenters. The minimum absolute atomic E-state index is 0.201. The van der Waals surface area contributed by atoms with Crippen molar-refractivity contribution >= 4 is 23.1 Å². The summed E-state index contributed by atoms with van der Waals surface area (Å²) in [6.07, 6.45) is 1.60. The predicted molar refractivity (Wildman–Crippen MR) is 71.9 cm³/mol. The van der Waals surface area contributed by atoms with Crippen molar-refractivity contribution < 1.29 is 4.79 Å². The molecule has 0 unspecified atom stereocenters. The van der Waals surface area contributed by atoms with Crippen LogP contribution in [0.2, 0.25) is 0 Å². The average Bonchev–Trinajstić information content (AvgIpc) is 2.26. The fraction of sp³-hybridized carbons (Fsp3) is 0.417. The van der Waals surface area contributed by atoms with E-state index in [0.717, 1.165) is 5.56 Å². The third-order valence-electron chi connectivity index (χ3n) is 2.58. The normalized spacial score (nSPS) is 11.0. The van der Waals surface area contributed by atoms with Gasteiger partial charge in [0.15, 0.2) is 0 Å². The fourth-order valence-corrected chi connectivity index (χ4v) is 1.27. The SMILES string of the molecule is Cc1cccnc1C(=O)NCC(C)(C)C(N)=S. The molecule has 0 spiro atoms. The number of nitrogens with two attached hydrogens (primary N) is 1. The summed E-state index contributed by atoms with van der Waals surface area (Å²) >= 11 is 4.94. The van der Waals surface area contributed by atoms with Crippen molar-refractivity contribution in [1.82, 2.24) is 10.3 Å². The Balaban J connectivity index is 2.69. The number of hydrogen-bond donors (Lipinski definition) is 2. The van der Waals surface area contributed by atoms with Crippen molar-refractivity contribution in [3.63, 3.8) is 0 Å². The van der Waals surface area contributed by atoms with Crippen molar-refractivity contribution in [2.75, 3.05) is 6.54 Å². The maximum atomic E-state index is 11.9. The Labute approximate surface area is 107 Å². The highest BCUT2D eigenvalue weighted by Crippen LogP contribution is 2.14. The maximum Gasteiger partial charge on any atom is 0.270 e. The van der Waals surface area contributed by atoms with Gasteiger partial charge in [0.2, 0.25) is 0 Å². The number of thiocarbonyl (C=S) groups is 1. The van der Waals surface area contributed by atoms with Crippen LogP contribution in [0, 0.1) is 12.3 Å². The Kier molecular flexibility index (Phi) is 4.17. The molecular formula is C12H17N3OS. The van der Waals surface area contributed by atoms with Gasteiger partial charge >= 0.3 is 0 Å². The number of nitrogens with one attached hydrogen (secondary N) is 1. The number of aromatic nitrogens is 1. The number of aryl methyl sites for hydroxylation is 1. The molecular weight excluding hydrogens is 234 g/mol. The van der Waals surface area contributed by atoms with Crippen LogP contribution in [0.15, 0.2) is 18.3 Å². The summed E-state index contributed by atoms with van der Waals surface area (Å²) in [5.74, 6) is -0.201. The van der Waals surface area contributed by atoms with E-state index in [0.29, 0.717) is 17.2 Å². The number of carbonyl (C=O) groups is 1. The largest absolute Gasteiger partial charge is 0.393 e. The highest BCUT2D eigenvalue weighted by atomic mass is 32.1. The number of nitrogens with zero attached hydrogens (tertiary/aromatic N) is 1. The van der Waals surface area contributed by atoms with E-state index in [1.54, 1.807) is 12.3 Å². The first kappa shape index (κ1) is 13.6. The third-order valence-corrected chi connectivity index (χ3v) is 3.14. The van der Waals surface area contributed by atoms with Gasteiger partial charge in [-0.15, -0.1) is 0 Å². The summed E-state index contributed by atoms with van der Waals surface area (Å²) in [5, 5.41) is 2.79. The van der Waals surface area contributed by atoms with Crippen LogP contribution in [0.4, 0.5) is 0 Å². The molecule has 0 aliphatic carbocycles. The van der Waals surface area contributed by atoms with Gasteiger partial charge in [0, 0.05) is 18.2 Å². The second-order valence-electron chi connectivity index (χ2n) is 4.60. The van der Waals surface area contributed by atoms with E-state index in [1.807, 2.05) is 26.8 Å². The molecule has 0 saturated carbocycles. The zero-order chi connectivity index (χ0) is 13.1. The number of rotatable bonds is 4. The van der Waals surface area contributed by atoms with Gasteiger partial charge in [-0.2, -0.15) is 0 Å². The third kappa shape index (κ3) is 3.49. The van der Waals surface area contributed by atoms with E-state index in [9.17, 15) is 4.79 Å². The number of pyridine rings is 1. The van der Waals surface area contributed by atoms with Gasteiger partial charge in [0.05, 0.1) is 4.99 Å². The van der Waals surface area contributed by atoms with Crippen LogP contribution < -0.4 is 11.1 Å². The predicted octanol–water partition coefficient (Wildman–Crippen LogP) is 1.43. The van der Waals surface area contributed by atoms with Crippen LogP contribution in [0.5, 0.6) is 0 Å². The summed E-state index contributed by atoms with van der Waals surface area (Å²) in [5.41, 5.74) is 6.48. The summed E-state index contributed by atoms with van der Waals surface area (Å²) in [6.45, 7) is 6.03. The Morgan fingerprint density at radius 1 is 1.59 bits per heavy atom. The summed E-state index contributed by atoms with van der Waals surface area (Å²) in [4.78, 5) is 16.3. The Hall–Kier alpha value is -1.49. The van der Waals surface area contributed by atoms with Gasteiger partial charge in [-0.1, -0.05) is 32.1 Å². The fourth-order valence-electron chi connectivity index (χ4n) is 1.20. The topological polar surface area (TPSA) is 68.0 Å². The van der Waals surface area contributed by atoms with E-state index in [-0.39, 0.29) is 5.91 Å². The highest BCUT2D eigenvalue weighted by molar-refractivity contribution is 7.80. The van der Waals surface area contributed by atoms with Gasteiger partial charge in [-0.05, 0) is 18.6 Å². The first-order chi connectivity index (χ1) is 7.84. The van der Waals surface area contributed by atoms with Gasteiger partial charge in [0.1, 0.15) is 5.69 Å². The van der Waals surface area contributed by atoms with Crippen LogP contribution in [0.3, 0.4) is 0 Å². The molecule has 5 heteroatoms. The molecule has 0 bridgehead atoms. The quantitative estimate of drug-likeness (QED) is 0.794. The molecule has 1 amide bonds. The van der Waals surface area contributed by atoms with E-state index in [4.69, 9.17) is 18.0 Å². The molecule has 1 aromatic rings. The number of carbonyl (C=O) groups excluding carboxylic acids is 1. The molecule has 0 fully saturated rings. The van der Waals surface area contributed by atoms with Crippen LogP contribution in [-0.4, -0.2) is 22.4 Å². The zero-order valence-electron chi connectivity index (χ0n) is 10.3. The molecule has 0 radical (unpaired) electrons. The van der Waals surface area contributed by atoms with Crippen molar-refractivity contribution in [2.45, 2.75) is 20.8 Å². The summed E-state index contributed by atoms with van der Waals surface area (Å²) < 4.78 is 0. The molecule has 1 aromatic heterocycles. The lowest BCUT2D eigenvalue weighted by molar-refractivity contribution is 0.0939. The van der Waals surface area contributed by atoms with Crippen LogP contribution >= 0.6 is 12.2 Å². The van der Waals surface area contributed by atoms with Crippen LogP contribution in [0.25, 0.3) is 0 Å². The molecule has 0 aromatic carbocycles. The number of hydrogen-bond acceptors (Lipinski definition) is 3. The molecule has 17 heavy (non-hydrogen) atoms. The van der Waals surface area contributed by atoms with E-state index >= 15 is 0 Å². The minimum Gasteiger partial charge on any atom is -0.393 e. The molecule has 4 nitrogen and oxygen atoms in total. The van der Waals surface area contributed by atoms with Gasteiger partial charge in [-0.25, -0.2) is 0 Å². The van der Waals surface area contributed by atoms with Gasteiger partial charge in [-0.3, -0.25) is 9.78 Å². The molecule has 0 saturated heterocycles. The standard InChI is InChI=1S/C12H17N3OS/c1-8-5-4-6-14-9(8)10(16)15-7-12(2,3)11(13)17/h4-6H,7H2,1-3H3,(H2,13,17)(H,15,16). The smallest absolute Gasteiger partial charge is 0.270 e. The van der Waals surface area contributed by atoms with Crippen molar-refractivity contribution in [1.29, 1.82) is 0 Å². The average molecular weight is 251 g/mol. The van der Waals surface area contributed by atoms with E-state index in [2.05, 4.69) is 10.3 Å². The Bertz CT molecular complexity index is 443. The van der Waals surface area contributed by atoms with Crippen molar-refractivity contribution in [2.24, 2.45) is 11.1 Å². The lowest BCUT2D eigenvalue weighted by atomic mass is 9.93. The minimum atomic E-state index is -0.395. The molecule has 0 aliphatic rings. The summed E-state index contributed by atoms with van der Waals surface area (Å²) in [6, 6.07) is 3.64.